The fourth-order valence-corrected chi connectivity index (χ4v) is 5.34. The molecule has 0 amide bonds. The molecule has 1 spiro atoms. The number of hydrogen-bond acceptors (Lipinski definition) is 3. The van der Waals surface area contributed by atoms with Crippen LogP contribution in [0.15, 0.2) is 60.7 Å². The maximum atomic E-state index is 13.4. The molecule has 2 aromatic carbocycles. The van der Waals surface area contributed by atoms with Gasteiger partial charge in [-0.25, -0.2) is 0 Å². The predicted octanol–water partition coefficient (Wildman–Crippen LogP) is 4.64. The van der Waals surface area contributed by atoms with Crippen LogP contribution in [-0.4, -0.2) is 48.3 Å². The third-order valence-corrected chi connectivity index (χ3v) is 7.22. The second-order valence-electron chi connectivity index (χ2n) is 9.07. The lowest BCUT2D eigenvalue weighted by molar-refractivity contribution is 0.0337. The fourth-order valence-electron chi connectivity index (χ4n) is 5.34. The molecule has 2 fully saturated rings. The molecule has 0 bridgehead atoms. The summed E-state index contributed by atoms with van der Waals surface area (Å²) >= 11 is 0. The van der Waals surface area contributed by atoms with Gasteiger partial charge in [0, 0.05) is 18.7 Å². The van der Waals surface area contributed by atoms with Crippen LogP contribution in [-0.2, 0) is 6.54 Å². The zero-order valence-corrected chi connectivity index (χ0v) is 17.2. The second-order valence-corrected chi connectivity index (χ2v) is 9.07. The van der Waals surface area contributed by atoms with E-state index in [1.807, 2.05) is 30.3 Å². The Morgan fingerprint density at radius 2 is 1.50 bits per heavy atom. The van der Waals surface area contributed by atoms with Gasteiger partial charge in [0.15, 0.2) is 5.78 Å². The van der Waals surface area contributed by atoms with Gasteiger partial charge >= 0.3 is 0 Å². The van der Waals surface area contributed by atoms with Crippen LogP contribution in [0.2, 0.25) is 0 Å². The topological polar surface area (TPSA) is 23.6 Å². The average molecular weight is 377 g/mol. The molecule has 1 heterocycles. The highest BCUT2D eigenvalue weighted by molar-refractivity contribution is 6.03. The van der Waals surface area contributed by atoms with Gasteiger partial charge in [0.2, 0.25) is 0 Å². The minimum absolute atomic E-state index is 0.298. The van der Waals surface area contributed by atoms with E-state index in [4.69, 9.17) is 0 Å². The van der Waals surface area contributed by atoms with Crippen LogP contribution in [0, 0.1) is 5.41 Å². The summed E-state index contributed by atoms with van der Waals surface area (Å²) in [4.78, 5) is 18.2. The lowest BCUT2D eigenvalue weighted by atomic mass is 9.64. The van der Waals surface area contributed by atoms with Crippen molar-refractivity contribution in [3.63, 3.8) is 0 Å². The second kappa shape index (κ2) is 7.81. The Hall–Kier alpha value is -1.97. The third-order valence-electron chi connectivity index (χ3n) is 7.22. The van der Waals surface area contributed by atoms with Crippen LogP contribution in [0.5, 0.6) is 0 Å². The fraction of sp³-hybridized carbons (Fsp3) is 0.480. The number of likely N-dealkylation sites (tertiary alicyclic amines) is 1. The highest BCUT2D eigenvalue weighted by Crippen LogP contribution is 2.49. The Morgan fingerprint density at radius 1 is 0.893 bits per heavy atom. The Bertz CT molecular complexity index is 792. The number of likely N-dealkylation sites (N-methyl/N-ethyl adjacent to an activating group) is 1. The molecule has 3 nitrogen and oxygen atoms in total. The Balaban J connectivity index is 1.44. The normalized spacial score (nSPS) is 28.1. The first-order valence-electron chi connectivity index (χ1n) is 10.6. The smallest absolute Gasteiger partial charge is 0.183 e. The van der Waals surface area contributed by atoms with Gasteiger partial charge in [0.25, 0.3) is 0 Å². The summed E-state index contributed by atoms with van der Waals surface area (Å²) in [6, 6.07) is 20.6. The first kappa shape index (κ1) is 19.4. The molecule has 1 aliphatic heterocycles. The number of hydrogen-bond donors (Lipinski definition) is 0. The van der Waals surface area contributed by atoms with Crippen LogP contribution in [0.1, 0.15) is 48.0 Å². The first-order valence-corrected chi connectivity index (χ1v) is 10.6. The Kier molecular flexibility index (Phi) is 5.39. The summed E-state index contributed by atoms with van der Waals surface area (Å²) in [6.07, 6.45) is 5.49. The van der Waals surface area contributed by atoms with Gasteiger partial charge in [-0.2, -0.15) is 0 Å². The lowest BCUT2D eigenvalue weighted by Crippen LogP contribution is -2.55. The number of rotatable bonds is 5. The van der Waals surface area contributed by atoms with E-state index in [2.05, 4.69) is 54.2 Å². The first-order chi connectivity index (χ1) is 13.5. The molecule has 4 rings (SSSR count). The van der Waals surface area contributed by atoms with Crippen LogP contribution in [0.3, 0.4) is 0 Å². The molecule has 1 aliphatic carbocycles. The molecule has 148 valence electrons. The molecule has 0 radical (unpaired) electrons. The SMILES string of the molecule is CN(C)C1(C(=O)c2ccccc2)CCC2(CCN(Cc3ccccc3)C2)CC1. The molecule has 2 aliphatic rings. The van der Waals surface area contributed by atoms with Crippen molar-refractivity contribution in [1.82, 2.24) is 9.80 Å². The molecule has 28 heavy (non-hydrogen) atoms. The molecule has 3 heteroatoms. The van der Waals surface area contributed by atoms with E-state index in [0.29, 0.717) is 11.2 Å². The molecule has 1 saturated carbocycles. The summed E-state index contributed by atoms with van der Waals surface area (Å²) in [5.74, 6) is 0.298. The Labute approximate surface area is 169 Å². The van der Waals surface area contributed by atoms with Crippen molar-refractivity contribution in [2.24, 2.45) is 5.41 Å². The van der Waals surface area contributed by atoms with Crippen LogP contribution >= 0.6 is 0 Å². The molecule has 0 atom stereocenters. The monoisotopic (exact) mass is 376 g/mol. The van der Waals surface area contributed by atoms with Crippen molar-refractivity contribution in [3.05, 3.63) is 71.8 Å². The molecular weight excluding hydrogens is 344 g/mol. The number of nitrogens with zero attached hydrogens (tertiary/aromatic N) is 2. The third kappa shape index (κ3) is 3.66. The van der Waals surface area contributed by atoms with Crippen LogP contribution in [0.25, 0.3) is 0 Å². The molecule has 0 unspecified atom stereocenters. The molecule has 2 aromatic rings. The Morgan fingerprint density at radius 3 is 2.11 bits per heavy atom. The molecule has 1 saturated heterocycles. The summed E-state index contributed by atoms with van der Waals surface area (Å²) in [5, 5.41) is 0. The van der Waals surface area contributed by atoms with Crippen molar-refractivity contribution in [3.8, 4) is 0 Å². The maximum absolute atomic E-state index is 13.4. The maximum Gasteiger partial charge on any atom is 0.183 e. The van der Waals surface area contributed by atoms with E-state index in [9.17, 15) is 4.79 Å². The standard InChI is InChI=1S/C25H32N2O/c1-26(2)25(23(28)22-11-7-4-8-12-22)15-13-24(14-16-25)17-18-27(20-24)19-21-9-5-3-6-10-21/h3-12H,13-20H2,1-2H3. The van der Waals surface area contributed by atoms with E-state index in [1.54, 1.807) is 0 Å². The summed E-state index contributed by atoms with van der Waals surface area (Å²) < 4.78 is 0. The van der Waals surface area contributed by atoms with E-state index >= 15 is 0 Å². The van der Waals surface area contributed by atoms with Gasteiger partial charge in [-0.15, -0.1) is 0 Å². The highest BCUT2D eigenvalue weighted by atomic mass is 16.1. The van der Waals surface area contributed by atoms with Gasteiger partial charge in [-0.1, -0.05) is 60.7 Å². The zero-order chi connectivity index (χ0) is 19.6. The van der Waals surface area contributed by atoms with Crippen molar-refractivity contribution in [2.45, 2.75) is 44.2 Å². The van der Waals surface area contributed by atoms with Gasteiger partial charge in [0.1, 0.15) is 0 Å². The highest BCUT2D eigenvalue weighted by Gasteiger charge is 2.50. The average Bonchev–Trinajstić information content (AvgIpc) is 3.11. The molecule has 0 aromatic heterocycles. The van der Waals surface area contributed by atoms with E-state index in [-0.39, 0.29) is 5.54 Å². The van der Waals surface area contributed by atoms with E-state index < -0.39 is 0 Å². The van der Waals surface area contributed by atoms with Crippen LogP contribution < -0.4 is 0 Å². The number of carbonyl (C=O) groups is 1. The lowest BCUT2D eigenvalue weighted by Gasteiger charge is -2.47. The van der Waals surface area contributed by atoms with Gasteiger partial charge in [-0.3, -0.25) is 14.6 Å². The molecule has 0 N–H and O–H groups in total. The van der Waals surface area contributed by atoms with Gasteiger partial charge in [-0.05, 0) is 63.7 Å². The quantitative estimate of drug-likeness (QED) is 0.711. The number of Topliss-reactive ketones (excluding diaryl/α,β-unsaturated/α-hetero) is 1. The van der Waals surface area contributed by atoms with Gasteiger partial charge in [0.05, 0.1) is 5.54 Å². The minimum Gasteiger partial charge on any atom is -0.299 e. The number of benzene rings is 2. The summed E-state index contributed by atoms with van der Waals surface area (Å²) in [5.41, 5.74) is 2.30. The van der Waals surface area contributed by atoms with Gasteiger partial charge < -0.3 is 0 Å². The van der Waals surface area contributed by atoms with Crippen LogP contribution in [0.4, 0.5) is 0 Å². The van der Waals surface area contributed by atoms with E-state index in [0.717, 1.165) is 37.8 Å². The largest absolute Gasteiger partial charge is 0.299 e. The predicted molar refractivity (Wildman–Crippen MR) is 114 cm³/mol. The van der Waals surface area contributed by atoms with Crippen molar-refractivity contribution < 1.29 is 4.79 Å². The van der Waals surface area contributed by atoms with Crippen molar-refractivity contribution >= 4 is 5.78 Å². The van der Waals surface area contributed by atoms with Crippen molar-refractivity contribution in [2.75, 3.05) is 27.2 Å². The number of carbonyl (C=O) groups excluding carboxylic acids is 1. The van der Waals surface area contributed by atoms with Crippen molar-refractivity contribution in [1.29, 1.82) is 0 Å². The summed E-state index contributed by atoms with van der Waals surface area (Å²) in [6.45, 7) is 3.39. The number of ketones is 1. The molecular formula is C25H32N2O. The van der Waals surface area contributed by atoms with E-state index in [1.165, 1.54) is 25.1 Å². The summed E-state index contributed by atoms with van der Waals surface area (Å²) in [7, 11) is 4.16. The minimum atomic E-state index is -0.348. The zero-order valence-electron chi connectivity index (χ0n) is 17.2.